The molecule has 122 valence electrons. The van der Waals surface area contributed by atoms with Crippen molar-refractivity contribution in [2.75, 3.05) is 5.32 Å². The highest BCUT2D eigenvalue weighted by Crippen LogP contribution is 2.33. The molecular weight excluding hydrogens is 351 g/mol. The third kappa shape index (κ3) is 3.19. The van der Waals surface area contributed by atoms with Crippen molar-refractivity contribution in [1.82, 2.24) is 4.98 Å². The number of carbonyl (C=O) groups excluding carboxylic acids is 1. The number of nitrogens with zero attached hydrogens (tertiary/aromatic N) is 1. The van der Waals surface area contributed by atoms with Crippen molar-refractivity contribution in [3.05, 3.63) is 57.7 Å². The molecule has 0 bridgehead atoms. The van der Waals surface area contributed by atoms with E-state index < -0.39 is 17.0 Å². The lowest BCUT2D eigenvalue weighted by Gasteiger charge is -2.02. The summed E-state index contributed by atoms with van der Waals surface area (Å²) in [6, 6.07) is 8.26. The molecule has 0 spiro atoms. The minimum atomic E-state index is -1.03. The number of thiophene rings is 1. The standard InChI is InChI=1S/C16H11FN2O3S2/c1-8-11(14(20)19-16-18-7-13(17)24-16)6-12(23-8)9-4-2-3-5-10(9)15(21)22/h2-7H,1H3,(H,21,22)(H,18,19,20). The summed E-state index contributed by atoms with van der Waals surface area (Å²) in [6.07, 6.45) is 1.04. The SMILES string of the molecule is Cc1sc(-c2ccccc2C(=O)O)cc1C(=O)Nc1ncc(F)s1. The van der Waals surface area contributed by atoms with Gasteiger partial charge in [0.1, 0.15) is 0 Å². The van der Waals surface area contributed by atoms with Crippen molar-refractivity contribution in [3.8, 4) is 10.4 Å². The summed E-state index contributed by atoms with van der Waals surface area (Å²) in [6.45, 7) is 1.77. The van der Waals surface area contributed by atoms with Crippen molar-refractivity contribution >= 4 is 39.7 Å². The minimum Gasteiger partial charge on any atom is -0.478 e. The van der Waals surface area contributed by atoms with Gasteiger partial charge in [-0.05, 0) is 19.1 Å². The van der Waals surface area contributed by atoms with Crippen molar-refractivity contribution in [3.63, 3.8) is 0 Å². The lowest BCUT2D eigenvalue weighted by atomic mass is 10.1. The molecule has 8 heteroatoms. The first-order valence-electron chi connectivity index (χ1n) is 6.81. The Morgan fingerprint density at radius 1 is 1.21 bits per heavy atom. The van der Waals surface area contributed by atoms with Gasteiger partial charge in [0.25, 0.3) is 5.91 Å². The molecule has 2 N–H and O–H groups in total. The third-order valence-electron chi connectivity index (χ3n) is 3.28. The average molecular weight is 362 g/mol. The summed E-state index contributed by atoms with van der Waals surface area (Å²) in [5.41, 5.74) is 1.14. The fraction of sp³-hybridized carbons (Fsp3) is 0.0625. The van der Waals surface area contributed by atoms with E-state index in [1.54, 1.807) is 31.2 Å². The molecule has 0 aliphatic carbocycles. The lowest BCUT2D eigenvalue weighted by Crippen LogP contribution is -2.11. The fourth-order valence-corrected chi connectivity index (χ4v) is 3.80. The van der Waals surface area contributed by atoms with Gasteiger partial charge in [-0.1, -0.05) is 29.5 Å². The van der Waals surface area contributed by atoms with Crippen molar-refractivity contribution in [1.29, 1.82) is 0 Å². The van der Waals surface area contributed by atoms with E-state index >= 15 is 0 Å². The van der Waals surface area contributed by atoms with Crippen LogP contribution in [0.1, 0.15) is 25.6 Å². The number of hydrogen-bond acceptors (Lipinski definition) is 5. The highest BCUT2D eigenvalue weighted by Gasteiger charge is 2.18. The molecule has 0 aliphatic heterocycles. The molecule has 0 atom stereocenters. The molecule has 2 aromatic heterocycles. The number of nitrogens with one attached hydrogen (secondary N) is 1. The zero-order valence-corrected chi connectivity index (χ0v) is 14.0. The Labute approximate surface area is 144 Å². The maximum atomic E-state index is 13.0. The Balaban J connectivity index is 1.93. The fourth-order valence-electron chi connectivity index (χ4n) is 2.20. The number of aryl methyl sites for hydroxylation is 1. The van der Waals surface area contributed by atoms with Gasteiger partial charge < -0.3 is 5.11 Å². The van der Waals surface area contributed by atoms with Crippen molar-refractivity contribution in [2.45, 2.75) is 6.92 Å². The average Bonchev–Trinajstić information content (AvgIpc) is 3.13. The second-order valence-corrected chi connectivity index (χ2v) is 7.09. The van der Waals surface area contributed by atoms with Gasteiger partial charge in [0.2, 0.25) is 0 Å². The maximum Gasteiger partial charge on any atom is 0.336 e. The molecule has 5 nitrogen and oxygen atoms in total. The molecule has 0 fully saturated rings. The number of carboxylic acids is 1. The molecule has 0 saturated heterocycles. The maximum absolute atomic E-state index is 13.0. The number of hydrogen-bond donors (Lipinski definition) is 2. The highest BCUT2D eigenvalue weighted by molar-refractivity contribution is 7.16. The van der Waals surface area contributed by atoms with Crippen LogP contribution in [-0.4, -0.2) is 22.0 Å². The van der Waals surface area contributed by atoms with Crippen LogP contribution >= 0.6 is 22.7 Å². The normalized spacial score (nSPS) is 10.6. The van der Waals surface area contributed by atoms with Crippen LogP contribution in [0.25, 0.3) is 10.4 Å². The summed E-state index contributed by atoms with van der Waals surface area (Å²) in [5.74, 6) is -1.43. The number of benzene rings is 1. The summed E-state index contributed by atoms with van der Waals surface area (Å²) in [4.78, 5) is 28.8. The predicted octanol–water partition coefficient (Wildman–Crippen LogP) is 4.27. The Morgan fingerprint density at radius 3 is 2.62 bits per heavy atom. The molecule has 0 saturated carbocycles. The summed E-state index contributed by atoms with van der Waals surface area (Å²) < 4.78 is 13.0. The molecule has 0 radical (unpaired) electrons. The van der Waals surface area contributed by atoms with E-state index in [1.165, 1.54) is 17.4 Å². The second-order valence-electron chi connectivity index (χ2n) is 4.85. The zero-order valence-electron chi connectivity index (χ0n) is 12.4. The van der Waals surface area contributed by atoms with Crippen molar-refractivity contribution in [2.24, 2.45) is 0 Å². The van der Waals surface area contributed by atoms with Gasteiger partial charge in [-0.15, -0.1) is 11.3 Å². The minimum absolute atomic E-state index is 0.174. The van der Waals surface area contributed by atoms with Gasteiger partial charge in [-0.3, -0.25) is 10.1 Å². The van der Waals surface area contributed by atoms with E-state index in [0.29, 0.717) is 16.0 Å². The molecule has 1 aromatic carbocycles. The number of aromatic nitrogens is 1. The van der Waals surface area contributed by atoms with Crippen LogP contribution in [0.5, 0.6) is 0 Å². The smallest absolute Gasteiger partial charge is 0.336 e. The number of amides is 1. The number of carboxylic acid groups (broad SMARTS) is 1. The van der Waals surface area contributed by atoms with E-state index in [1.807, 2.05) is 0 Å². The number of thiazole rings is 1. The largest absolute Gasteiger partial charge is 0.478 e. The molecule has 3 aromatic rings. The first-order valence-corrected chi connectivity index (χ1v) is 8.45. The summed E-state index contributed by atoms with van der Waals surface area (Å²) in [5, 5.41) is 11.5. The van der Waals surface area contributed by atoms with Crippen LogP contribution in [0.4, 0.5) is 9.52 Å². The molecule has 3 rings (SSSR count). The zero-order chi connectivity index (χ0) is 17.3. The van der Waals surface area contributed by atoms with Gasteiger partial charge in [0, 0.05) is 15.3 Å². The molecule has 0 unspecified atom stereocenters. The van der Waals surface area contributed by atoms with Crippen LogP contribution in [0.15, 0.2) is 36.5 Å². The number of anilines is 1. The Hall–Kier alpha value is -2.58. The van der Waals surface area contributed by atoms with E-state index in [-0.39, 0.29) is 10.7 Å². The van der Waals surface area contributed by atoms with E-state index in [0.717, 1.165) is 22.4 Å². The lowest BCUT2D eigenvalue weighted by molar-refractivity contribution is 0.0697. The van der Waals surface area contributed by atoms with E-state index in [4.69, 9.17) is 0 Å². The number of halogens is 1. The van der Waals surface area contributed by atoms with Crippen molar-refractivity contribution < 1.29 is 19.1 Å². The van der Waals surface area contributed by atoms with Gasteiger partial charge >= 0.3 is 5.97 Å². The monoisotopic (exact) mass is 362 g/mol. The van der Waals surface area contributed by atoms with Gasteiger partial charge in [0.15, 0.2) is 10.3 Å². The first-order chi connectivity index (χ1) is 11.5. The van der Waals surface area contributed by atoms with Gasteiger partial charge in [-0.25, -0.2) is 9.78 Å². The Morgan fingerprint density at radius 2 is 1.96 bits per heavy atom. The summed E-state index contributed by atoms with van der Waals surface area (Å²) >= 11 is 2.07. The predicted molar refractivity (Wildman–Crippen MR) is 91.5 cm³/mol. The highest BCUT2D eigenvalue weighted by atomic mass is 32.1. The summed E-state index contributed by atoms with van der Waals surface area (Å²) in [7, 11) is 0. The molecule has 0 aliphatic rings. The quantitative estimate of drug-likeness (QED) is 0.726. The Bertz CT molecular complexity index is 933. The molecular formula is C16H11FN2O3S2. The van der Waals surface area contributed by atoms with E-state index in [9.17, 15) is 19.1 Å². The van der Waals surface area contributed by atoms with Crippen LogP contribution < -0.4 is 5.32 Å². The number of aromatic carboxylic acids is 1. The molecule has 24 heavy (non-hydrogen) atoms. The van der Waals surface area contributed by atoms with Crippen LogP contribution in [0, 0.1) is 12.1 Å². The number of rotatable bonds is 4. The Kier molecular flexibility index (Phi) is 4.41. The second kappa shape index (κ2) is 6.50. The topological polar surface area (TPSA) is 79.3 Å². The third-order valence-corrected chi connectivity index (χ3v) is 5.07. The van der Waals surface area contributed by atoms with Gasteiger partial charge in [0.05, 0.1) is 17.3 Å². The van der Waals surface area contributed by atoms with Crippen LogP contribution in [0.3, 0.4) is 0 Å². The first kappa shape index (κ1) is 16.3. The molecule has 2 heterocycles. The van der Waals surface area contributed by atoms with Crippen LogP contribution in [0.2, 0.25) is 0 Å². The van der Waals surface area contributed by atoms with E-state index in [2.05, 4.69) is 10.3 Å². The van der Waals surface area contributed by atoms with Crippen LogP contribution in [-0.2, 0) is 0 Å². The molecule has 1 amide bonds. The van der Waals surface area contributed by atoms with Gasteiger partial charge in [-0.2, -0.15) is 4.39 Å². The number of carbonyl (C=O) groups is 2.